The number of halogens is 1. The van der Waals surface area contributed by atoms with Crippen LogP contribution in [0.15, 0.2) is 53.4 Å². The third kappa shape index (κ3) is 4.54. The molecule has 3 rings (SSSR count). The lowest BCUT2D eigenvalue weighted by Crippen LogP contribution is -2.31. The number of rotatable bonds is 5. The number of amides is 1. The van der Waals surface area contributed by atoms with Gasteiger partial charge in [-0.05, 0) is 49.8 Å². The molecule has 2 aromatic rings. The molecule has 1 saturated heterocycles. The van der Waals surface area contributed by atoms with Gasteiger partial charge in [-0.15, -0.1) is 0 Å². The summed E-state index contributed by atoms with van der Waals surface area (Å²) in [4.78, 5) is 12.7. The van der Waals surface area contributed by atoms with Gasteiger partial charge >= 0.3 is 0 Å². The Balaban J connectivity index is 1.68. The topological polar surface area (TPSA) is 50.4 Å². The molecule has 1 heterocycles. The minimum Gasteiger partial charge on any atom is -0.491 e. The molecule has 1 atom stereocenters. The van der Waals surface area contributed by atoms with Gasteiger partial charge in [-0.25, -0.2) is 4.39 Å². The zero-order valence-corrected chi connectivity index (χ0v) is 14.8. The van der Waals surface area contributed by atoms with E-state index < -0.39 is 5.50 Å². The first-order valence-electron chi connectivity index (χ1n) is 7.98. The lowest BCUT2D eigenvalue weighted by molar-refractivity contribution is -0.116. The summed E-state index contributed by atoms with van der Waals surface area (Å²) >= 11 is 1.32. The van der Waals surface area contributed by atoms with E-state index in [4.69, 9.17) is 4.74 Å². The maximum absolute atomic E-state index is 13.7. The molecule has 1 aliphatic rings. The van der Waals surface area contributed by atoms with Crippen LogP contribution in [0, 0.1) is 5.82 Å². The summed E-state index contributed by atoms with van der Waals surface area (Å²) in [5.41, 5.74) is 0.858. The van der Waals surface area contributed by atoms with Gasteiger partial charge in [0.2, 0.25) is 0 Å². The van der Waals surface area contributed by atoms with E-state index in [1.54, 1.807) is 18.2 Å². The molecule has 1 unspecified atom stereocenters. The Kier molecular flexibility index (Phi) is 5.28. The van der Waals surface area contributed by atoms with Gasteiger partial charge in [0.25, 0.3) is 5.91 Å². The van der Waals surface area contributed by atoms with Gasteiger partial charge in [0.1, 0.15) is 11.6 Å². The molecular weight excluding hydrogens is 339 g/mol. The van der Waals surface area contributed by atoms with Crippen molar-refractivity contribution in [1.29, 1.82) is 0 Å². The zero-order chi connectivity index (χ0) is 17.8. The van der Waals surface area contributed by atoms with Gasteiger partial charge in [-0.2, -0.15) is 0 Å². The van der Waals surface area contributed by atoms with E-state index in [0.29, 0.717) is 10.6 Å². The summed E-state index contributed by atoms with van der Waals surface area (Å²) < 4.78 is 19.3. The van der Waals surface area contributed by atoms with Crippen LogP contribution in [0.2, 0.25) is 0 Å². The van der Waals surface area contributed by atoms with E-state index in [9.17, 15) is 9.18 Å². The number of anilines is 1. The van der Waals surface area contributed by atoms with Crippen LogP contribution in [0.1, 0.15) is 19.4 Å². The predicted molar refractivity (Wildman–Crippen MR) is 99.7 cm³/mol. The minimum absolute atomic E-state index is 0.116. The summed E-state index contributed by atoms with van der Waals surface area (Å²) in [6.45, 7) is 3.94. The van der Waals surface area contributed by atoms with Gasteiger partial charge in [0.15, 0.2) is 5.50 Å². The molecule has 2 aromatic carbocycles. The van der Waals surface area contributed by atoms with Crippen LogP contribution in [0.3, 0.4) is 0 Å². The van der Waals surface area contributed by atoms with Gasteiger partial charge in [0, 0.05) is 0 Å². The molecule has 0 aliphatic carbocycles. The second-order valence-electron chi connectivity index (χ2n) is 5.84. The molecule has 2 N–H and O–H groups in total. The van der Waals surface area contributed by atoms with Crippen LogP contribution in [-0.2, 0) is 4.79 Å². The first-order chi connectivity index (χ1) is 12.0. The van der Waals surface area contributed by atoms with E-state index in [1.165, 1.54) is 17.8 Å². The van der Waals surface area contributed by atoms with Crippen LogP contribution in [0.4, 0.5) is 10.1 Å². The highest BCUT2D eigenvalue weighted by molar-refractivity contribution is 8.05. The molecule has 0 aromatic heterocycles. The van der Waals surface area contributed by atoms with Crippen molar-refractivity contribution in [1.82, 2.24) is 5.32 Å². The monoisotopic (exact) mass is 358 g/mol. The van der Waals surface area contributed by atoms with E-state index in [-0.39, 0.29) is 17.8 Å². The number of carbonyl (C=O) groups excluding carboxylic acids is 1. The molecule has 25 heavy (non-hydrogen) atoms. The van der Waals surface area contributed by atoms with Crippen molar-refractivity contribution in [3.8, 4) is 5.75 Å². The molecule has 4 nitrogen and oxygen atoms in total. The Hall–Kier alpha value is -2.47. The summed E-state index contributed by atoms with van der Waals surface area (Å²) in [6.07, 6.45) is 1.92. The number of hydrogen-bond donors (Lipinski definition) is 2. The number of ether oxygens (including phenoxy) is 1. The highest BCUT2D eigenvalue weighted by atomic mass is 32.2. The molecule has 0 spiro atoms. The first-order valence-corrected chi connectivity index (χ1v) is 8.86. The largest absolute Gasteiger partial charge is 0.491 e. The summed E-state index contributed by atoms with van der Waals surface area (Å²) in [7, 11) is 0. The molecular formula is C19H19FN2O2S. The third-order valence-corrected chi connectivity index (χ3v) is 4.47. The fraction of sp³-hybridized carbons (Fsp3) is 0.211. The van der Waals surface area contributed by atoms with Crippen molar-refractivity contribution in [2.24, 2.45) is 0 Å². The normalized spacial score (nSPS) is 18.5. The summed E-state index contributed by atoms with van der Waals surface area (Å²) in [6, 6.07) is 13.9. The molecule has 1 amide bonds. The number of hydrogen-bond acceptors (Lipinski definition) is 4. The first kappa shape index (κ1) is 17.4. The molecule has 130 valence electrons. The smallest absolute Gasteiger partial charge is 0.260 e. The van der Waals surface area contributed by atoms with Crippen molar-refractivity contribution in [3.05, 3.63) is 64.8 Å². The minimum atomic E-state index is -0.404. The number of para-hydroxylation sites is 1. The Morgan fingerprint density at radius 3 is 2.60 bits per heavy atom. The molecule has 0 radical (unpaired) electrons. The average molecular weight is 358 g/mol. The van der Waals surface area contributed by atoms with Crippen LogP contribution < -0.4 is 15.4 Å². The van der Waals surface area contributed by atoms with Crippen molar-refractivity contribution in [2.75, 3.05) is 5.32 Å². The van der Waals surface area contributed by atoms with E-state index >= 15 is 0 Å². The number of benzene rings is 2. The summed E-state index contributed by atoms with van der Waals surface area (Å²) in [5.74, 6) is 0.261. The molecule has 1 fully saturated rings. The summed E-state index contributed by atoms with van der Waals surface area (Å²) in [5, 5.41) is 5.77. The molecule has 0 bridgehead atoms. The fourth-order valence-electron chi connectivity index (χ4n) is 2.35. The SMILES string of the molecule is CC(C)Oc1ccc(/C=C2\SC(Nc3ccccc3F)NC2=O)cc1. The average Bonchev–Trinajstić information content (AvgIpc) is 2.90. The fourth-order valence-corrected chi connectivity index (χ4v) is 3.33. The number of nitrogens with one attached hydrogen (secondary N) is 2. The highest BCUT2D eigenvalue weighted by Gasteiger charge is 2.27. The lowest BCUT2D eigenvalue weighted by Gasteiger charge is -2.13. The van der Waals surface area contributed by atoms with Crippen molar-refractivity contribution in [3.63, 3.8) is 0 Å². The maximum Gasteiger partial charge on any atom is 0.260 e. The zero-order valence-electron chi connectivity index (χ0n) is 14.0. The second kappa shape index (κ2) is 7.61. The van der Waals surface area contributed by atoms with E-state index in [0.717, 1.165) is 11.3 Å². The van der Waals surface area contributed by atoms with E-state index in [2.05, 4.69) is 10.6 Å². The third-order valence-electron chi connectivity index (χ3n) is 3.44. The van der Waals surface area contributed by atoms with Crippen LogP contribution in [0.25, 0.3) is 6.08 Å². The Morgan fingerprint density at radius 2 is 1.92 bits per heavy atom. The van der Waals surface area contributed by atoms with E-state index in [1.807, 2.05) is 44.2 Å². The van der Waals surface area contributed by atoms with Crippen molar-refractivity contribution < 1.29 is 13.9 Å². The van der Waals surface area contributed by atoms with Gasteiger partial charge in [0.05, 0.1) is 16.7 Å². The van der Waals surface area contributed by atoms with Gasteiger partial charge in [-0.3, -0.25) is 4.79 Å². The second-order valence-corrected chi connectivity index (χ2v) is 6.99. The van der Waals surface area contributed by atoms with Crippen LogP contribution >= 0.6 is 11.8 Å². The number of thioether (sulfide) groups is 1. The standard InChI is InChI=1S/C19H19FN2O2S/c1-12(2)24-14-9-7-13(8-10-14)11-17-18(23)22-19(25-17)21-16-6-4-3-5-15(16)20/h3-12,19,21H,1-2H3,(H,22,23)/b17-11-. The molecule has 1 aliphatic heterocycles. The van der Waals surface area contributed by atoms with Crippen molar-refractivity contribution in [2.45, 2.75) is 25.4 Å². The number of carbonyl (C=O) groups is 1. The highest BCUT2D eigenvalue weighted by Crippen LogP contribution is 2.31. The quantitative estimate of drug-likeness (QED) is 0.786. The molecule has 6 heteroatoms. The van der Waals surface area contributed by atoms with Gasteiger partial charge in [-0.1, -0.05) is 36.0 Å². The maximum atomic E-state index is 13.7. The van der Waals surface area contributed by atoms with Crippen LogP contribution in [-0.4, -0.2) is 17.5 Å². The van der Waals surface area contributed by atoms with Gasteiger partial charge < -0.3 is 15.4 Å². The Bertz CT molecular complexity index is 790. The van der Waals surface area contributed by atoms with Crippen molar-refractivity contribution >= 4 is 29.4 Å². The van der Waals surface area contributed by atoms with Crippen LogP contribution in [0.5, 0.6) is 5.75 Å². The Labute approximate surface area is 150 Å². The predicted octanol–water partition coefficient (Wildman–Crippen LogP) is 4.21. The lowest BCUT2D eigenvalue weighted by atomic mass is 10.2. The Morgan fingerprint density at radius 1 is 1.20 bits per heavy atom. The molecule has 0 saturated carbocycles.